The molecule has 0 amide bonds. The van der Waals surface area contributed by atoms with E-state index in [1.54, 1.807) is 16.7 Å². The van der Waals surface area contributed by atoms with Gasteiger partial charge in [0, 0.05) is 0 Å². The van der Waals surface area contributed by atoms with Crippen molar-refractivity contribution in [2.75, 3.05) is 0 Å². The van der Waals surface area contributed by atoms with Crippen LogP contribution in [0.5, 0.6) is 0 Å². The van der Waals surface area contributed by atoms with Crippen molar-refractivity contribution in [1.29, 1.82) is 0 Å². The van der Waals surface area contributed by atoms with Gasteiger partial charge in [-0.25, -0.2) is 0 Å². The van der Waals surface area contributed by atoms with Gasteiger partial charge in [-0.1, -0.05) is 37.1 Å². The number of rotatable bonds is 1. The van der Waals surface area contributed by atoms with Crippen molar-refractivity contribution in [1.82, 2.24) is 0 Å². The Balaban J connectivity index is 2.44. The lowest BCUT2D eigenvalue weighted by Crippen LogP contribution is -2.05. The fourth-order valence-electron chi connectivity index (χ4n) is 2.42. The molecule has 0 aromatic heterocycles. The lowest BCUT2D eigenvalue weighted by atomic mass is 9.84. The summed E-state index contributed by atoms with van der Waals surface area (Å²) in [6, 6.07) is 0. The van der Waals surface area contributed by atoms with Gasteiger partial charge in [-0.15, -0.1) is 0 Å². The average molecular weight is 174 g/mol. The lowest BCUT2D eigenvalue weighted by molar-refractivity contribution is 0.653. The van der Waals surface area contributed by atoms with Crippen molar-refractivity contribution in [2.24, 2.45) is 5.92 Å². The van der Waals surface area contributed by atoms with E-state index in [0.29, 0.717) is 0 Å². The van der Waals surface area contributed by atoms with Crippen LogP contribution in [-0.2, 0) is 0 Å². The predicted octanol–water partition coefficient (Wildman–Crippen LogP) is 4.01. The van der Waals surface area contributed by atoms with Gasteiger partial charge in [-0.3, -0.25) is 0 Å². The molecule has 0 fully saturated rings. The number of allylic oxidation sites excluding steroid dienone is 6. The summed E-state index contributed by atoms with van der Waals surface area (Å²) in [7, 11) is 0. The molecule has 2 aliphatic rings. The van der Waals surface area contributed by atoms with Gasteiger partial charge in [0.15, 0.2) is 0 Å². The molecule has 0 radical (unpaired) electrons. The molecule has 13 heavy (non-hydrogen) atoms. The Bertz CT molecular complexity index is 311. The maximum Gasteiger partial charge on any atom is -0.0227 e. The van der Waals surface area contributed by atoms with Crippen LogP contribution in [0.25, 0.3) is 0 Å². The Morgan fingerprint density at radius 3 is 2.62 bits per heavy atom. The van der Waals surface area contributed by atoms with E-state index >= 15 is 0 Å². The van der Waals surface area contributed by atoms with E-state index in [9.17, 15) is 0 Å². The molecule has 0 spiro atoms. The Hall–Kier alpha value is -0.780. The molecule has 0 saturated carbocycles. The van der Waals surface area contributed by atoms with Crippen molar-refractivity contribution >= 4 is 0 Å². The van der Waals surface area contributed by atoms with Crippen LogP contribution < -0.4 is 0 Å². The minimum absolute atomic E-state index is 0.723. The molecule has 0 aliphatic heterocycles. The summed E-state index contributed by atoms with van der Waals surface area (Å²) < 4.78 is 0. The van der Waals surface area contributed by atoms with Crippen LogP contribution in [0.15, 0.2) is 34.4 Å². The van der Waals surface area contributed by atoms with E-state index in [-0.39, 0.29) is 0 Å². The highest BCUT2D eigenvalue weighted by Gasteiger charge is 2.20. The third-order valence-corrected chi connectivity index (χ3v) is 3.05. The third kappa shape index (κ3) is 1.50. The van der Waals surface area contributed by atoms with Crippen molar-refractivity contribution in [2.45, 2.75) is 40.0 Å². The molecular weight excluding hydrogens is 156 g/mol. The Labute approximate surface area is 81.0 Å². The molecule has 70 valence electrons. The first-order chi connectivity index (χ1) is 6.18. The van der Waals surface area contributed by atoms with Crippen LogP contribution in [0.3, 0.4) is 0 Å². The molecule has 0 bridgehead atoms. The standard InChI is InChI=1S/C13H18/c1-9(2)12-6-4-5-11-7-10(3)8-13(11)12/h7-9H,4-6H2,1-3H3. The van der Waals surface area contributed by atoms with Gasteiger partial charge in [0.05, 0.1) is 0 Å². The fraction of sp³-hybridized carbons (Fsp3) is 0.538. The van der Waals surface area contributed by atoms with Gasteiger partial charge in [0.25, 0.3) is 0 Å². The Morgan fingerprint density at radius 2 is 1.92 bits per heavy atom. The second kappa shape index (κ2) is 3.17. The molecule has 0 saturated heterocycles. The van der Waals surface area contributed by atoms with Gasteiger partial charge < -0.3 is 0 Å². The zero-order valence-corrected chi connectivity index (χ0v) is 8.85. The maximum atomic E-state index is 2.36. The molecule has 0 heteroatoms. The Kier molecular flexibility index (Phi) is 2.15. The second-order valence-electron chi connectivity index (χ2n) is 4.51. The summed E-state index contributed by atoms with van der Waals surface area (Å²) in [5.74, 6) is 0.723. The number of hydrogen-bond acceptors (Lipinski definition) is 0. The van der Waals surface area contributed by atoms with Crippen LogP contribution in [0, 0.1) is 5.92 Å². The summed E-state index contributed by atoms with van der Waals surface area (Å²) in [6.45, 7) is 6.83. The topological polar surface area (TPSA) is 0 Å². The number of hydrogen-bond donors (Lipinski definition) is 0. The molecule has 0 aromatic carbocycles. The zero-order chi connectivity index (χ0) is 9.42. The highest BCUT2D eigenvalue weighted by molar-refractivity contribution is 5.56. The minimum Gasteiger partial charge on any atom is -0.0601 e. The molecule has 2 rings (SSSR count). The molecule has 0 atom stereocenters. The summed E-state index contributed by atoms with van der Waals surface area (Å²) in [5.41, 5.74) is 6.27. The van der Waals surface area contributed by atoms with E-state index in [1.165, 1.54) is 24.8 Å². The SMILES string of the molecule is CC1=CC2=C(C(C)C)CCCC2=C1. The van der Waals surface area contributed by atoms with Crippen LogP contribution in [0.4, 0.5) is 0 Å². The lowest BCUT2D eigenvalue weighted by Gasteiger charge is -2.21. The van der Waals surface area contributed by atoms with Gasteiger partial charge in [0.2, 0.25) is 0 Å². The molecule has 0 nitrogen and oxygen atoms in total. The first kappa shape index (κ1) is 8.80. The first-order valence-corrected chi connectivity index (χ1v) is 5.31. The molecule has 0 N–H and O–H groups in total. The van der Waals surface area contributed by atoms with E-state index in [2.05, 4.69) is 32.9 Å². The summed E-state index contributed by atoms with van der Waals surface area (Å²) >= 11 is 0. The van der Waals surface area contributed by atoms with Crippen molar-refractivity contribution in [3.05, 3.63) is 34.4 Å². The molecule has 0 heterocycles. The molecular formula is C13H18. The summed E-state index contributed by atoms with van der Waals surface area (Å²) in [5, 5.41) is 0. The average Bonchev–Trinajstić information content (AvgIpc) is 2.43. The normalized spacial score (nSPS) is 21.8. The van der Waals surface area contributed by atoms with E-state index < -0.39 is 0 Å². The second-order valence-corrected chi connectivity index (χ2v) is 4.51. The van der Waals surface area contributed by atoms with Crippen LogP contribution in [0.1, 0.15) is 40.0 Å². The molecule has 0 aromatic rings. The molecule has 0 unspecified atom stereocenters. The van der Waals surface area contributed by atoms with E-state index in [0.717, 1.165) is 5.92 Å². The monoisotopic (exact) mass is 174 g/mol. The van der Waals surface area contributed by atoms with E-state index in [4.69, 9.17) is 0 Å². The van der Waals surface area contributed by atoms with Crippen molar-refractivity contribution < 1.29 is 0 Å². The maximum absolute atomic E-state index is 2.36. The molecule has 2 aliphatic carbocycles. The van der Waals surface area contributed by atoms with Gasteiger partial charge >= 0.3 is 0 Å². The first-order valence-electron chi connectivity index (χ1n) is 5.31. The van der Waals surface area contributed by atoms with Gasteiger partial charge in [-0.05, 0) is 43.3 Å². The summed E-state index contributed by atoms with van der Waals surface area (Å²) in [4.78, 5) is 0. The Morgan fingerprint density at radius 1 is 1.15 bits per heavy atom. The van der Waals surface area contributed by atoms with Crippen LogP contribution >= 0.6 is 0 Å². The van der Waals surface area contributed by atoms with Crippen LogP contribution in [0.2, 0.25) is 0 Å². The van der Waals surface area contributed by atoms with Gasteiger partial charge in [-0.2, -0.15) is 0 Å². The highest BCUT2D eigenvalue weighted by atomic mass is 14.3. The fourth-order valence-corrected chi connectivity index (χ4v) is 2.42. The third-order valence-electron chi connectivity index (χ3n) is 3.05. The van der Waals surface area contributed by atoms with Gasteiger partial charge in [0.1, 0.15) is 0 Å². The zero-order valence-electron chi connectivity index (χ0n) is 8.85. The van der Waals surface area contributed by atoms with Crippen molar-refractivity contribution in [3.8, 4) is 0 Å². The quantitative estimate of drug-likeness (QED) is 0.563. The number of fused-ring (bicyclic) bond motifs is 1. The summed E-state index contributed by atoms with van der Waals surface area (Å²) in [6.07, 6.45) is 8.68. The largest absolute Gasteiger partial charge is 0.0601 e. The smallest absolute Gasteiger partial charge is 0.0227 e. The highest BCUT2D eigenvalue weighted by Crippen LogP contribution is 2.38. The van der Waals surface area contributed by atoms with Crippen molar-refractivity contribution in [3.63, 3.8) is 0 Å². The van der Waals surface area contributed by atoms with Crippen LogP contribution in [-0.4, -0.2) is 0 Å². The predicted molar refractivity (Wildman–Crippen MR) is 57.6 cm³/mol. The minimum atomic E-state index is 0.723. The van der Waals surface area contributed by atoms with E-state index in [1.807, 2.05) is 0 Å².